The van der Waals surface area contributed by atoms with E-state index in [-0.39, 0.29) is 22.8 Å². The van der Waals surface area contributed by atoms with Crippen LogP contribution in [0.1, 0.15) is 32.4 Å². The minimum Gasteiger partial charge on any atom is -0.476 e. The van der Waals surface area contributed by atoms with E-state index in [0.717, 1.165) is 0 Å². The minimum absolute atomic E-state index is 0.208. The molecule has 14 heavy (non-hydrogen) atoms. The molecule has 0 atom stereocenters. The molecule has 1 heterocycles. The Labute approximate surface area is 79.2 Å². The monoisotopic (exact) mass is 196 g/mol. The molecule has 0 bridgehead atoms. The second-order valence-corrected chi connectivity index (χ2v) is 2.70. The van der Waals surface area contributed by atoms with Crippen molar-refractivity contribution >= 4 is 11.9 Å². The van der Waals surface area contributed by atoms with Crippen molar-refractivity contribution in [3.63, 3.8) is 0 Å². The van der Waals surface area contributed by atoms with Gasteiger partial charge in [0.25, 0.3) is 0 Å². The molecule has 0 unspecified atom stereocenters. The number of hydrogen-bond donors (Lipinski definition) is 2. The lowest BCUT2D eigenvalue weighted by molar-refractivity contribution is 0.0682. The molecule has 0 fully saturated rings. The van der Waals surface area contributed by atoms with Crippen LogP contribution in [0.15, 0.2) is 0 Å². The molecule has 74 valence electrons. The van der Waals surface area contributed by atoms with Gasteiger partial charge in [-0.3, -0.25) is 4.98 Å². The largest absolute Gasteiger partial charge is 0.476 e. The molecule has 0 saturated carbocycles. The summed E-state index contributed by atoms with van der Waals surface area (Å²) >= 11 is 0. The molecule has 0 aliphatic rings. The number of aromatic nitrogens is 2. The summed E-state index contributed by atoms with van der Waals surface area (Å²) < 4.78 is 0. The fourth-order valence-corrected chi connectivity index (χ4v) is 1.04. The van der Waals surface area contributed by atoms with E-state index in [1.807, 2.05) is 0 Å². The Bertz CT molecular complexity index is 379. The molecule has 2 N–H and O–H groups in total. The van der Waals surface area contributed by atoms with Crippen molar-refractivity contribution in [1.82, 2.24) is 9.97 Å². The summed E-state index contributed by atoms with van der Waals surface area (Å²) in [4.78, 5) is 28.5. The molecule has 6 nitrogen and oxygen atoms in total. The average molecular weight is 196 g/mol. The van der Waals surface area contributed by atoms with E-state index in [2.05, 4.69) is 9.97 Å². The SMILES string of the molecule is Cc1nc(C)c(C(=O)O)nc1C(=O)O. The van der Waals surface area contributed by atoms with Crippen LogP contribution in [0.3, 0.4) is 0 Å². The molecule has 0 aliphatic heterocycles. The van der Waals surface area contributed by atoms with Crippen LogP contribution in [0, 0.1) is 13.8 Å². The normalized spacial score (nSPS) is 9.86. The number of aromatic carboxylic acids is 2. The molecule has 0 saturated heterocycles. The Morgan fingerprint density at radius 1 is 0.929 bits per heavy atom. The molecule has 0 aromatic carbocycles. The maximum Gasteiger partial charge on any atom is 0.356 e. The van der Waals surface area contributed by atoms with Crippen molar-refractivity contribution in [3.05, 3.63) is 22.8 Å². The van der Waals surface area contributed by atoms with Crippen molar-refractivity contribution in [1.29, 1.82) is 0 Å². The smallest absolute Gasteiger partial charge is 0.356 e. The molecule has 1 aromatic rings. The molecular formula is C8H8N2O4. The molecule has 0 radical (unpaired) electrons. The van der Waals surface area contributed by atoms with Crippen LogP contribution in [0.4, 0.5) is 0 Å². The Balaban J connectivity index is 3.42. The molecular weight excluding hydrogens is 188 g/mol. The van der Waals surface area contributed by atoms with E-state index in [0.29, 0.717) is 0 Å². The standard InChI is InChI=1S/C8H8N2O4/c1-3-5(7(11)12)10-6(8(13)14)4(2)9-3/h1-2H3,(H,11,12)(H,13,14). The van der Waals surface area contributed by atoms with Crippen molar-refractivity contribution in [3.8, 4) is 0 Å². The highest BCUT2D eigenvalue weighted by molar-refractivity contribution is 5.90. The zero-order chi connectivity index (χ0) is 10.9. The van der Waals surface area contributed by atoms with Crippen LogP contribution >= 0.6 is 0 Å². The van der Waals surface area contributed by atoms with Crippen molar-refractivity contribution in [2.45, 2.75) is 13.8 Å². The van der Waals surface area contributed by atoms with Crippen molar-refractivity contribution < 1.29 is 19.8 Å². The molecule has 6 heteroatoms. The summed E-state index contributed by atoms with van der Waals surface area (Å²) in [6.07, 6.45) is 0. The van der Waals surface area contributed by atoms with Gasteiger partial charge in [0.05, 0.1) is 11.4 Å². The van der Waals surface area contributed by atoms with E-state index < -0.39 is 11.9 Å². The van der Waals surface area contributed by atoms with Crippen LogP contribution in [0.2, 0.25) is 0 Å². The third-order valence-corrected chi connectivity index (χ3v) is 1.65. The number of carboxylic acids is 2. The average Bonchev–Trinajstić information content (AvgIpc) is 2.02. The fraction of sp³-hybridized carbons (Fsp3) is 0.250. The maximum absolute atomic E-state index is 10.6. The summed E-state index contributed by atoms with van der Waals surface area (Å²) in [6, 6.07) is 0. The second-order valence-electron chi connectivity index (χ2n) is 2.70. The predicted molar refractivity (Wildman–Crippen MR) is 45.4 cm³/mol. The van der Waals surface area contributed by atoms with Gasteiger partial charge in [-0.15, -0.1) is 0 Å². The first-order valence-corrected chi connectivity index (χ1v) is 3.75. The highest BCUT2D eigenvalue weighted by Gasteiger charge is 2.17. The van der Waals surface area contributed by atoms with Crippen LogP contribution in [-0.2, 0) is 0 Å². The number of rotatable bonds is 2. The molecule has 1 aromatic heterocycles. The van der Waals surface area contributed by atoms with Crippen molar-refractivity contribution in [2.75, 3.05) is 0 Å². The number of hydrogen-bond acceptors (Lipinski definition) is 4. The summed E-state index contributed by atoms with van der Waals surface area (Å²) in [5.41, 5.74) is -0.235. The van der Waals surface area contributed by atoms with Gasteiger partial charge in [-0.2, -0.15) is 0 Å². The zero-order valence-corrected chi connectivity index (χ0v) is 7.61. The quantitative estimate of drug-likeness (QED) is 0.713. The topological polar surface area (TPSA) is 100 Å². The summed E-state index contributed by atoms with van der Waals surface area (Å²) in [5.74, 6) is -2.56. The van der Waals surface area contributed by atoms with Crippen LogP contribution in [0.25, 0.3) is 0 Å². The Morgan fingerprint density at radius 3 is 1.57 bits per heavy atom. The summed E-state index contributed by atoms with van der Waals surface area (Å²) in [7, 11) is 0. The second kappa shape index (κ2) is 3.41. The Kier molecular flexibility index (Phi) is 2.46. The van der Waals surface area contributed by atoms with Gasteiger partial charge in [-0.1, -0.05) is 0 Å². The first kappa shape index (κ1) is 10.1. The van der Waals surface area contributed by atoms with Crippen LogP contribution in [-0.4, -0.2) is 32.1 Å². The number of aryl methyl sites for hydroxylation is 2. The van der Waals surface area contributed by atoms with Gasteiger partial charge < -0.3 is 10.2 Å². The molecule has 0 aliphatic carbocycles. The summed E-state index contributed by atoms with van der Waals surface area (Å²) in [6.45, 7) is 2.93. The number of carbonyl (C=O) groups is 2. The lowest BCUT2D eigenvalue weighted by atomic mass is 10.2. The number of nitrogens with zero attached hydrogens (tertiary/aromatic N) is 2. The van der Waals surface area contributed by atoms with Gasteiger partial charge in [0, 0.05) is 0 Å². The van der Waals surface area contributed by atoms with Gasteiger partial charge in [0.1, 0.15) is 0 Å². The van der Waals surface area contributed by atoms with E-state index in [9.17, 15) is 9.59 Å². The van der Waals surface area contributed by atoms with Gasteiger partial charge in [0.2, 0.25) is 0 Å². The Hall–Kier alpha value is -1.98. The van der Waals surface area contributed by atoms with Gasteiger partial charge >= 0.3 is 11.9 Å². The van der Waals surface area contributed by atoms with Gasteiger partial charge in [-0.05, 0) is 13.8 Å². The van der Waals surface area contributed by atoms with Crippen LogP contribution in [0.5, 0.6) is 0 Å². The van der Waals surface area contributed by atoms with E-state index in [1.165, 1.54) is 13.8 Å². The fourth-order valence-electron chi connectivity index (χ4n) is 1.04. The number of carboxylic acid groups (broad SMARTS) is 2. The third kappa shape index (κ3) is 1.68. The molecule has 1 rings (SSSR count). The zero-order valence-electron chi connectivity index (χ0n) is 7.61. The Morgan fingerprint density at radius 2 is 1.29 bits per heavy atom. The van der Waals surface area contributed by atoms with Crippen molar-refractivity contribution in [2.24, 2.45) is 0 Å². The lowest BCUT2D eigenvalue weighted by Gasteiger charge is -2.03. The van der Waals surface area contributed by atoms with Crippen LogP contribution < -0.4 is 0 Å². The molecule has 0 amide bonds. The van der Waals surface area contributed by atoms with E-state index in [4.69, 9.17) is 10.2 Å². The van der Waals surface area contributed by atoms with Gasteiger partial charge in [0.15, 0.2) is 11.4 Å². The first-order valence-electron chi connectivity index (χ1n) is 3.75. The predicted octanol–water partition coefficient (Wildman–Crippen LogP) is 0.490. The lowest BCUT2D eigenvalue weighted by Crippen LogP contribution is -2.13. The highest BCUT2D eigenvalue weighted by Crippen LogP contribution is 2.07. The van der Waals surface area contributed by atoms with E-state index >= 15 is 0 Å². The third-order valence-electron chi connectivity index (χ3n) is 1.65. The first-order chi connectivity index (χ1) is 6.43. The minimum atomic E-state index is -1.28. The van der Waals surface area contributed by atoms with E-state index in [1.54, 1.807) is 0 Å². The van der Waals surface area contributed by atoms with Gasteiger partial charge in [-0.25, -0.2) is 14.6 Å². The molecule has 0 spiro atoms. The summed E-state index contributed by atoms with van der Waals surface area (Å²) in [5, 5.41) is 17.3. The highest BCUT2D eigenvalue weighted by atomic mass is 16.4. The maximum atomic E-state index is 10.6.